The van der Waals surface area contributed by atoms with Crippen molar-refractivity contribution in [1.82, 2.24) is 15.0 Å². The lowest BCUT2D eigenvalue weighted by molar-refractivity contribution is -0.0278. The number of morpholine rings is 1. The summed E-state index contributed by atoms with van der Waals surface area (Å²) in [5.74, 6) is 1.37. The van der Waals surface area contributed by atoms with E-state index in [1.165, 1.54) is 6.33 Å². The van der Waals surface area contributed by atoms with Crippen LogP contribution in [0.4, 0.5) is 11.6 Å². The van der Waals surface area contributed by atoms with E-state index >= 15 is 0 Å². The molecule has 6 heteroatoms. The molecule has 0 spiro atoms. The number of nitrogen functional groups attached to an aromatic ring is 1. The number of fused-ring (bicyclic) bond motifs is 1. The Bertz CT molecular complexity index is 613. The first-order valence-electron chi connectivity index (χ1n) is 6.31. The molecule has 1 aliphatic heterocycles. The summed E-state index contributed by atoms with van der Waals surface area (Å²) in [5.41, 5.74) is 6.15. The summed E-state index contributed by atoms with van der Waals surface area (Å²) >= 11 is 0. The Morgan fingerprint density at radius 2 is 2.16 bits per heavy atom. The molecule has 2 N–H and O–H groups in total. The van der Waals surface area contributed by atoms with E-state index in [0.29, 0.717) is 18.1 Å². The van der Waals surface area contributed by atoms with Crippen LogP contribution in [0.25, 0.3) is 11.0 Å². The van der Waals surface area contributed by atoms with Crippen LogP contribution in [0.1, 0.15) is 13.8 Å². The van der Waals surface area contributed by atoms with Crippen molar-refractivity contribution in [2.45, 2.75) is 19.4 Å². The van der Waals surface area contributed by atoms with Crippen molar-refractivity contribution in [3.8, 4) is 0 Å². The van der Waals surface area contributed by atoms with Gasteiger partial charge in [-0.25, -0.2) is 15.0 Å². The van der Waals surface area contributed by atoms with E-state index < -0.39 is 0 Å². The summed E-state index contributed by atoms with van der Waals surface area (Å²) < 4.78 is 5.73. The van der Waals surface area contributed by atoms with Crippen LogP contribution in [-0.2, 0) is 4.74 Å². The Hall–Kier alpha value is -1.95. The molecule has 2 aromatic rings. The van der Waals surface area contributed by atoms with Gasteiger partial charge in [-0.1, -0.05) is 0 Å². The average Bonchev–Trinajstić information content (AvgIpc) is 2.36. The Balaban J connectivity index is 2.05. The van der Waals surface area contributed by atoms with Gasteiger partial charge in [-0.3, -0.25) is 0 Å². The number of nitrogens with zero attached hydrogens (tertiary/aromatic N) is 4. The minimum Gasteiger partial charge on any atom is -0.384 e. The van der Waals surface area contributed by atoms with E-state index in [1.54, 1.807) is 6.07 Å². The van der Waals surface area contributed by atoms with Gasteiger partial charge in [0.05, 0.1) is 17.6 Å². The van der Waals surface area contributed by atoms with Crippen LogP contribution in [0.15, 0.2) is 18.5 Å². The van der Waals surface area contributed by atoms with Crippen LogP contribution in [0.2, 0.25) is 0 Å². The number of hydrogen-bond acceptors (Lipinski definition) is 6. The summed E-state index contributed by atoms with van der Waals surface area (Å²) in [6, 6.07) is 3.70. The quantitative estimate of drug-likeness (QED) is 0.829. The van der Waals surface area contributed by atoms with Crippen molar-refractivity contribution >= 4 is 22.7 Å². The molecule has 0 amide bonds. The highest BCUT2D eigenvalue weighted by Crippen LogP contribution is 2.26. The fourth-order valence-electron chi connectivity index (χ4n) is 2.39. The molecule has 100 valence electrons. The summed E-state index contributed by atoms with van der Waals surface area (Å²) in [5, 5.41) is 0.925. The number of hydrogen-bond donors (Lipinski definition) is 1. The second-order valence-electron chi connectivity index (χ2n) is 5.33. The number of nitrogens with two attached hydrogens (primary N) is 1. The predicted octanol–water partition coefficient (Wildman–Crippen LogP) is 1.22. The number of ether oxygens (including phenoxy) is 1. The number of anilines is 2. The first-order valence-corrected chi connectivity index (χ1v) is 6.31. The van der Waals surface area contributed by atoms with Gasteiger partial charge in [-0.15, -0.1) is 0 Å². The largest absolute Gasteiger partial charge is 0.384 e. The van der Waals surface area contributed by atoms with Crippen LogP contribution in [0.5, 0.6) is 0 Å². The van der Waals surface area contributed by atoms with Crippen LogP contribution >= 0.6 is 0 Å². The third-order valence-electron chi connectivity index (χ3n) is 3.22. The van der Waals surface area contributed by atoms with Crippen LogP contribution < -0.4 is 10.6 Å². The van der Waals surface area contributed by atoms with E-state index in [4.69, 9.17) is 10.5 Å². The molecular formula is C13H17N5O. The van der Waals surface area contributed by atoms with Crippen molar-refractivity contribution in [2.24, 2.45) is 0 Å². The van der Waals surface area contributed by atoms with Crippen molar-refractivity contribution < 1.29 is 4.74 Å². The van der Waals surface area contributed by atoms with E-state index in [9.17, 15) is 0 Å². The Labute approximate surface area is 111 Å². The maximum Gasteiger partial charge on any atom is 0.166 e. The zero-order chi connectivity index (χ0) is 13.5. The van der Waals surface area contributed by atoms with Crippen molar-refractivity contribution in [1.29, 1.82) is 0 Å². The van der Waals surface area contributed by atoms with Gasteiger partial charge in [-0.2, -0.15) is 0 Å². The summed E-state index contributed by atoms with van der Waals surface area (Å²) in [7, 11) is 0. The molecule has 0 aromatic carbocycles. The lowest BCUT2D eigenvalue weighted by Crippen LogP contribution is -2.48. The molecule has 1 fully saturated rings. The standard InChI is InChI=1S/C13H17N5O/c1-13(2)7-18(5-6-19-13)12-9-3-4-10(14)17-11(9)15-8-16-12/h3-4,8H,5-7H2,1-2H3,(H2,14,15,16,17). The number of pyridine rings is 1. The lowest BCUT2D eigenvalue weighted by atomic mass is 10.1. The second-order valence-corrected chi connectivity index (χ2v) is 5.33. The van der Waals surface area contributed by atoms with Crippen molar-refractivity contribution in [3.05, 3.63) is 18.5 Å². The first kappa shape index (κ1) is 12.1. The molecule has 0 saturated carbocycles. The molecule has 3 heterocycles. The minimum atomic E-state index is -0.170. The van der Waals surface area contributed by atoms with E-state index in [1.807, 2.05) is 6.07 Å². The number of aromatic nitrogens is 3. The van der Waals surface area contributed by atoms with Crippen LogP contribution in [0, 0.1) is 0 Å². The highest BCUT2D eigenvalue weighted by Gasteiger charge is 2.28. The van der Waals surface area contributed by atoms with Gasteiger partial charge >= 0.3 is 0 Å². The molecule has 0 atom stereocenters. The first-order chi connectivity index (χ1) is 9.05. The molecule has 0 radical (unpaired) electrons. The van der Waals surface area contributed by atoms with Gasteiger partial charge in [0.15, 0.2) is 5.65 Å². The number of rotatable bonds is 1. The molecule has 0 bridgehead atoms. The maximum atomic E-state index is 5.73. The minimum absolute atomic E-state index is 0.170. The second kappa shape index (κ2) is 4.31. The third kappa shape index (κ3) is 2.31. The Kier molecular flexibility index (Phi) is 2.74. The molecule has 19 heavy (non-hydrogen) atoms. The molecular weight excluding hydrogens is 242 g/mol. The summed E-state index contributed by atoms with van der Waals surface area (Å²) in [6.07, 6.45) is 1.53. The molecule has 0 unspecified atom stereocenters. The topological polar surface area (TPSA) is 77.2 Å². The van der Waals surface area contributed by atoms with Crippen molar-refractivity contribution in [2.75, 3.05) is 30.3 Å². The zero-order valence-corrected chi connectivity index (χ0v) is 11.1. The smallest absolute Gasteiger partial charge is 0.166 e. The van der Waals surface area contributed by atoms with Gasteiger partial charge in [0.2, 0.25) is 0 Å². The highest BCUT2D eigenvalue weighted by atomic mass is 16.5. The van der Waals surface area contributed by atoms with E-state index in [0.717, 1.165) is 24.3 Å². The molecule has 6 nitrogen and oxygen atoms in total. The fraction of sp³-hybridized carbons (Fsp3) is 0.462. The predicted molar refractivity (Wildman–Crippen MR) is 74.0 cm³/mol. The monoisotopic (exact) mass is 259 g/mol. The Morgan fingerprint density at radius 3 is 2.95 bits per heavy atom. The van der Waals surface area contributed by atoms with Gasteiger partial charge in [0, 0.05) is 13.1 Å². The highest BCUT2D eigenvalue weighted by molar-refractivity contribution is 5.87. The average molecular weight is 259 g/mol. The van der Waals surface area contributed by atoms with Gasteiger partial charge in [0.25, 0.3) is 0 Å². The molecule has 3 rings (SSSR count). The third-order valence-corrected chi connectivity index (χ3v) is 3.22. The molecule has 1 aliphatic rings. The summed E-state index contributed by atoms with van der Waals surface area (Å²) in [6.45, 7) is 6.47. The summed E-state index contributed by atoms with van der Waals surface area (Å²) in [4.78, 5) is 15.0. The fourth-order valence-corrected chi connectivity index (χ4v) is 2.39. The van der Waals surface area contributed by atoms with E-state index in [2.05, 4.69) is 33.7 Å². The maximum absolute atomic E-state index is 5.73. The van der Waals surface area contributed by atoms with Gasteiger partial charge in [0.1, 0.15) is 18.0 Å². The lowest BCUT2D eigenvalue weighted by Gasteiger charge is -2.39. The van der Waals surface area contributed by atoms with Crippen LogP contribution in [-0.4, -0.2) is 40.2 Å². The molecule has 1 saturated heterocycles. The SMILES string of the molecule is CC1(C)CN(c2ncnc3nc(N)ccc23)CCO1. The zero-order valence-electron chi connectivity index (χ0n) is 11.1. The van der Waals surface area contributed by atoms with E-state index in [-0.39, 0.29) is 5.60 Å². The molecule has 0 aliphatic carbocycles. The normalized spacial score (nSPS) is 18.7. The van der Waals surface area contributed by atoms with Crippen molar-refractivity contribution in [3.63, 3.8) is 0 Å². The molecule has 2 aromatic heterocycles. The Morgan fingerprint density at radius 1 is 1.32 bits per heavy atom. The van der Waals surface area contributed by atoms with Gasteiger partial charge < -0.3 is 15.4 Å². The van der Waals surface area contributed by atoms with Crippen LogP contribution in [0.3, 0.4) is 0 Å². The van der Waals surface area contributed by atoms with Gasteiger partial charge in [-0.05, 0) is 26.0 Å².